The zero-order valence-electron chi connectivity index (χ0n) is 14.6. The molecule has 1 aromatic carbocycles. The molecule has 144 valence electrons. The lowest BCUT2D eigenvalue weighted by Crippen LogP contribution is -2.47. The Labute approximate surface area is 153 Å². The zero-order chi connectivity index (χ0) is 19.6. The van der Waals surface area contributed by atoms with E-state index in [2.05, 4.69) is 15.7 Å². The molecule has 1 fully saturated rings. The number of rotatable bonds is 3. The molecular weight excluding hydrogens is 361 g/mol. The number of amides is 1. The predicted octanol–water partition coefficient (Wildman–Crippen LogP) is 2.04. The maximum Gasteiger partial charge on any atom is 0.418 e. The molecule has 1 atom stereocenters. The molecule has 6 nitrogen and oxygen atoms in total. The van der Waals surface area contributed by atoms with Gasteiger partial charge in [-0.3, -0.25) is 9.59 Å². The normalized spacial score (nSPS) is 17.6. The number of nitrogens with one attached hydrogen (secondary N) is 2. The molecule has 0 radical (unpaired) electrons. The number of benzene rings is 1. The third kappa shape index (κ3) is 4.19. The van der Waals surface area contributed by atoms with Gasteiger partial charge in [-0.1, -0.05) is 12.1 Å². The second-order valence-corrected chi connectivity index (χ2v) is 6.44. The van der Waals surface area contributed by atoms with E-state index in [1.165, 1.54) is 25.1 Å². The van der Waals surface area contributed by atoms with Crippen LogP contribution < -0.4 is 16.1 Å². The SMILES string of the molecule is Cc1cc(=O)c(C(=O)N[C@H]2CCCNC2)nn1-c1ccccc1C(F)(F)F. The molecule has 0 saturated carbocycles. The minimum Gasteiger partial charge on any atom is -0.347 e. The summed E-state index contributed by atoms with van der Waals surface area (Å²) in [5.74, 6) is -0.688. The fourth-order valence-corrected chi connectivity index (χ4v) is 3.08. The van der Waals surface area contributed by atoms with Gasteiger partial charge in [0, 0.05) is 24.3 Å². The smallest absolute Gasteiger partial charge is 0.347 e. The third-order valence-electron chi connectivity index (χ3n) is 4.39. The Morgan fingerprint density at radius 3 is 2.74 bits per heavy atom. The second-order valence-electron chi connectivity index (χ2n) is 6.44. The van der Waals surface area contributed by atoms with E-state index in [0.717, 1.165) is 36.2 Å². The third-order valence-corrected chi connectivity index (χ3v) is 4.39. The molecule has 3 rings (SSSR count). The minimum absolute atomic E-state index is 0.148. The van der Waals surface area contributed by atoms with Crippen molar-refractivity contribution in [1.29, 1.82) is 0 Å². The average Bonchev–Trinajstić information content (AvgIpc) is 2.62. The summed E-state index contributed by atoms with van der Waals surface area (Å²) >= 11 is 0. The van der Waals surface area contributed by atoms with Crippen LogP contribution in [0.4, 0.5) is 13.2 Å². The molecular formula is C18H19F3N4O2. The standard InChI is InChI=1S/C18H19F3N4O2/c1-11-9-15(26)16(17(27)23-12-5-4-8-22-10-12)24-25(11)14-7-3-2-6-13(14)18(19,20)21/h2-3,6-7,9,12,22H,4-5,8,10H2,1H3,(H,23,27)/t12-/m0/s1. The molecule has 2 N–H and O–H groups in total. The van der Waals surface area contributed by atoms with E-state index in [4.69, 9.17) is 0 Å². The van der Waals surface area contributed by atoms with Crippen molar-refractivity contribution in [3.05, 3.63) is 57.5 Å². The summed E-state index contributed by atoms with van der Waals surface area (Å²) in [4.78, 5) is 24.7. The van der Waals surface area contributed by atoms with Gasteiger partial charge in [0.05, 0.1) is 11.3 Å². The highest BCUT2D eigenvalue weighted by atomic mass is 19.4. The largest absolute Gasteiger partial charge is 0.418 e. The van der Waals surface area contributed by atoms with Gasteiger partial charge in [0.1, 0.15) is 0 Å². The monoisotopic (exact) mass is 380 g/mol. The van der Waals surface area contributed by atoms with Crippen LogP contribution in [0.1, 0.15) is 34.6 Å². The maximum atomic E-state index is 13.3. The minimum atomic E-state index is -4.59. The highest BCUT2D eigenvalue weighted by molar-refractivity contribution is 5.92. The first-order chi connectivity index (χ1) is 12.8. The summed E-state index contributed by atoms with van der Waals surface area (Å²) in [5, 5.41) is 9.81. The number of alkyl halides is 3. The van der Waals surface area contributed by atoms with E-state index in [9.17, 15) is 22.8 Å². The molecule has 2 aromatic rings. The van der Waals surface area contributed by atoms with Gasteiger partial charge in [-0.05, 0) is 38.4 Å². The number of hydrogen-bond donors (Lipinski definition) is 2. The lowest BCUT2D eigenvalue weighted by atomic mass is 10.1. The summed E-state index contributed by atoms with van der Waals surface area (Å²) in [6.07, 6.45) is -2.95. The molecule has 2 heterocycles. The van der Waals surface area contributed by atoms with Gasteiger partial charge in [0.25, 0.3) is 5.91 Å². The van der Waals surface area contributed by atoms with E-state index >= 15 is 0 Å². The summed E-state index contributed by atoms with van der Waals surface area (Å²) in [6.45, 7) is 2.90. The summed E-state index contributed by atoms with van der Waals surface area (Å²) in [6, 6.07) is 5.87. The number of hydrogen-bond acceptors (Lipinski definition) is 4. The maximum absolute atomic E-state index is 13.3. The number of halogens is 3. The Morgan fingerprint density at radius 1 is 1.33 bits per heavy atom. The summed E-state index contributed by atoms with van der Waals surface area (Å²) in [5.41, 5.74) is -1.99. The van der Waals surface area contributed by atoms with Crippen LogP contribution in [-0.2, 0) is 6.18 Å². The number of piperidine rings is 1. The van der Waals surface area contributed by atoms with Gasteiger partial charge in [-0.15, -0.1) is 0 Å². The van der Waals surface area contributed by atoms with Crippen molar-refractivity contribution in [2.24, 2.45) is 0 Å². The lowest BCUT2D eigenvalue weighted by Gasteiger charge is -2.23. The highest BCUT2D eigenvalue weighted by Crippen LogP contribution is 2.33. The molecule has 1 aromatic heterocycles. The first kappa shape index (κ1) is 19.1. The van der Waals surface area contributed by atoms with Gasteiger partial charge < -0.3 is 10.6 Å². The molecule has 0 unspecified atom stereocenters. The Kier molecular flexibility index (Phi) is 5.31. The van der Waals surface area contributed by atoms with Gasteiger partial charge in [-0.2, -0.15) is 18.3 Å². The van der Waals surface area contributed by atoms with Crippen molar-refractivity contribution in [3.63, 3.8) is 0 Å². The highest BCUT2D eigenvalue weighted by Gasteiger charge is 2.34. The number of aryl methyl sites for hydroxylation is 1. The van der Waals surface area contributed by atoms with E-state index in [1.54, 1.807) is 0 Å². The Morgan fingerprint density at radius 2 is 2.07 bits per heavy atom. The van der Waals surface area contributed by atoms with Crippen LogP contribution >= 0.6 is 0 Å². The molecule has 1 saturated heterocycles. The van der Waals surface area contributed by atoms with Crippen LogP contribution in [0.3, 0.4) is 0 Å². The molecule has 9 heteroatoms. The zero-order valence-corrected chi connectivity index (χ0v) is 14.6. The Hall–Kier alpha value is -2.68. The number of aromatic nitrogens is 2. The molecule has 1 aliphatic heterocycles. The van der Waals surface area contributed by atoms with E-state index in [1.807, 2.05) is 0 Å². The van der Waals surface area contributed by atoms with Gasteiger partial charge in [0.2, 0.25) is 5.43 Å². The summed E-state index contributed by atoms with van der Waals surface area (Å²) in [7, 11) is 0. The van der Waals surface area contributed by atoms with Crippen LogP contribution in [-0.4, -0.2) is 34.8 Å². The fourth-order valence-electron chi connectivity index (χ4n) is 3.08. The van der Waals surface area contributed by atoms with Crippen LogP contribution in [0.25, 0.3) is 5.69 Å². The van der Waals surface area contributed by atoms with Crippen LogP contribution in [0, 0.1) is 6.92 Å². The number of para-hydroxylation sites is 1. The number of nitrogens with zero attached hydrogens (tertiary/aromatic N) is 2. The molecule has 0 spiro atoms. The van der Waals surface area contributed by atoms with Crippen LogP contribution in [0.2, 0.25) is 0 Å². The second kappa shape index (κ2) is 7.51. The van der Waals surface area contributed by atoms with Gasteiger partial charge >= 0.3 is 6.18 Å². The molecule has 1 amide bonds. The molecule has 27 heavy (non-hydrogen) atoms. The quantitative estimate of drug-likeness (QED) is 0.855. The van der Waals surface area contributed by atoms with Crippen molar-refractivity contribution in [1.82, 2.24) is 20.4 Å². The van der Waals surface area contributed by atoms with Crippen molar-refractivity contribution in [2.45, 2.75) is 32.0 Å². The number of carbonyl (C=O) groups excluding carboxylic acids is 1. The average molecular weight is 380 g/mol. The van der Waals surface area contributed by atoms with Crippen molar-refractivity contribution in [2.75, 3.05) is 13.1 Å². The van der Waals surface area contributed by atoms with Crippen molar-refractivity contribution in [3.8, 4) is 5.69 Å². The first-order valence-corrected chi connectivity index (χ1v) is 8.56. The predicted molar refractivity (Wildman–Crippen MR) is 92.9 cm³/mol. The lowest BCUT2D eigenvalue weighted by molar-refractivity contribution is -0.137. The van der Waals surface area contributed by atoms with Crippen LogP contribution in [0.15, 0.2) is 35.1 Å². The topological polar surface area (TPSA) is 76.0 Å². The summed E-state index contributed by atoms with van der Waals surface area (Å²) < 4.78 is 41.0. The van der Waals surface area contributed by atoms with Crippen molar-refractivity contribution >= 4 is 5.91 Å². The molecule has 0 bridgehead atoms. The van der Waals surface area contributed by atoms with E-state index in [0.29, 0.717) is 6.54 Å². The van der Waals surface area contributed by atoms with E-state index < -0.39 is 28.8 Å². The Bertz CT molecular complexity index is 902. The van der Waals surface area contributed by atoms with Crippen LogP contribution in [0.5, 0.6) is 0 Å². The first-order valence-electron chi connectivity index (χ1n) is 8.56. The fraction of sp³-hybridized carbons (Fsp3) is 0.389. The number of carbonyl (C=O) groups is 1. The van der Waals surface area contributed by atoms with Gasteiger partial charge in [0.15, 0.2) is 5.69 Å². The Balaban J connectivity index is 2.00. The van der Waals surface area contributed by atoms with Gasteiger partial charge in [-0.25, -0.2) is 4.68 Å². The molecule has 1 aliphatic rings. The van der Waals surface area contributed by atoms with Crippen molar-refractivity contribution < 1.29 is 18.0 Å². The molecule has 0 aliphatic carbocycles. The van der Waals surface area contributed by atoms with E-state index in [-0.39, 0.29) is 17.4 Å².